The summed E-state index contributed by atoms with van der Waals surface area (Å²) in [5.74, 6) is -1.08. The maximum absolute atomic E-state index is 11.6. The Labute approximate surface area is 97.3 Å². The fraction of sp³-hybridized carbons (Fsp3) is 0.250. The van der Waals surface area contributed by atoms with Crippen LogP contribution in [0.4, 0.5) is 0 Å². The van der Waals surface area contributed by atoms with Crippen molar-refractivity contribution in [2.75, 3.05) is 6.54 Å². The van der Waals surface area contributed by atoms with Gasteiger partial charge in [-0.3, -0.25) is 9.78 Å². The van der Waals surface area contributed by atoms with Gasteiger partial charge in [-0.05, 0) is 6.07 Å². The predicted molar refractivity (Wildman–Crippen MR) is 56.7 cm³/mol. The molecule has 1 heterocycles. The van der Waals surface area contributed by atoms with Crippen molar-refractivity contribution in [3.63, 3.8) is 0 Å². The third-order valence-electron chi connectivity index (χ3n) is 1.65. The number of nitrogens with one attached hydrogen (secondary N) is 1. The molecule has 0 saturated heterocycles. The lowest BCUT2D eigenvalue weighted by atomic mass is 10.5. The monoisotopic (exact) mass is 264 g/mol. The average molecular weight is 265 g/mol. The Bertz CT molecular complexity index is 489. The second kappa shape index (κ2) is 5.24. The molecular formula is C8H9ClN2O4S. The van der Waals surface area contributed by atoms with Gasteiger partial charge < -0.3 is 5.11 Å². The minimum absolute atomic E-state index is 0.0397. The Hall–Kier alpha value is -1.18. The standard InChI is InChI=1S/C8H9ClN2O4S/c9-6-1-3-10-5-7(6)16(14,15)11-4-2-8(12)13/h1,3,5,11H,2,4H2,(H,12,13). The molecule has 88 valence electrons. The van der Waals surface area contributed by atoms with Crippen LogP contribution in [-0.2, 0) is 14.8 Å². The molecule has 0 saturated carbocycles. The van der Waals surface area contributed by atoms with Crippen molar-refractivity contribution in [3.8, 4) is 0 Å². The second-order valence-electron chi connectivity index (χ2n) is 2.85. The fourth-order valence-electron chi connectivity index (χ4n) is 0.931. The van der Waals surface area contributed by atoms with E-state index in [2.05, 4.69) is 9.71 Å². The normalized spacial score (nSPS) is 11.3. The number of carboxylic acid groups (broad SMARTS) is 1. The minimum Gasteiger partial charge on any atom is -0.481 e. The van der Waals surface area contributed by atoms with Crippen LogP contribution in [0.1, 0.15) is 6.42 Å². The van der Waals surface area contributed by atoms with Crippen LogP contribution in [0.2, 0.25) is 5.02 Å². The minimum atomic E-state index is -3.79. The molecule has 1 aromatic rings. The number of halogens is 1. The van der Waals surface area contributed by atoms with Crippen molar-refractivity contribution in [2.24, 2.45) is 0 Å². The van der Waals surface area contributed by atoms with Crippen LogP contribution in [0.15, 0.2) is 23.4 Å². The van der Waals surface area contributed by atoms with Gasteiger partial charge in [0.05, 0.1) is 11.4 Å². The topological polar surface area (TPSA) is 96.4 Å². The van der Waals surface area contributed by atoms with E-state index >= 15 is 0 Å². The summed E-state index contributed by atoms with van der Waals surface area (Å²) in [5.41, 5.74) is 0. The number of aromatic nitrogens is 1. The van der Waals surface area contributed by atoms with Gasteiger partial charge in [-0.15, -0.1) is 0 Å². The number of carboxylic acids is 1. The van der Waals surface area contributed by atoms with E-state index in [1.54, 1.807) is 0 Å². The van der Waals surface area contributed by atoms with E-state index in [4.69, 9.17) is 16.7 Å². The highest BCUT2D eigenvalue weighted by molar-refractivity contribution is 7.89. The zero-order valence-electron chi connectivity index (χ0n) is 8.05. The number of pyridine rings is 1. The Morgan fingerprint density at radius 1 is 1.56 bits per heavy atom. The van der Waals surface area contributed by atoms with E-state index in [0.717, 1.165) is 6.20 Å². The van der Waals surface area contributed by atoms with Gasteiger partial charge in [0, 0.05) is 18.9 Å². The van der Waals surface area contributed by atoms with E-state index in [9.17, 15) is 13.2 Å². The highest BCUT2D eigenvalue weighted by Gasteiger charge is 2.17. The number of sulfonamides is 1. The van der Waals surface area contributed by atoms with Crippen molar-refractivity contribution in [3.05, 3.63) is 23.5 Å². The molecule has 0 aromatic carbocycles. The number of carbonyl (C=O) groups is 1. The molecular weight excluding hydrogens is 256 g/mol. The van der Waals surface area contributed by atoms with Crippen LogP contribution in [0.3, 0.4) is 0 Å². The summed E-state index contributed by atoms with van der Waals surface area (Å²) in [6.45, 7) is -0.192. The van der Waals surface area contributed by atoms with E-state index in [-0.39, 0.29) is 22.9 Å². The van der Waals surface area contributed by atoms with Crippen LogP contribution < -0.4 is 4.72 Å². The van der Waals surface area contributed by atoms with E-state index in [0.29, 0.717) is 0 Å². The first-order valence-electron chi connectivity index (χ1n) is 4.24. The number of hydrogen-bond donors (Lipinski definition) is 2. The molecule has 0 spiro atoms. The number of nitrogens with zero attached hydrogens (tertiary/aromatic N) is 1. The quantitative estimate of drug-likeness (QED) is 0.807. The van der Waals surface area contributed by atoms with E-state index in [1.165, 1.54) is 12.3 Å². The third kappa shape index (κ3) is 3.44. The SMILES string of the molecule is O=C(O)CCNS(=O)(=O)c1cnccc1Cl. The smallest absolute Gasteiger partial charge is 0.304 e. The molecule has 0 bridgehead atoms. The molecule has 1 aromatic heterocycles. The molecule has 0 aliphatic carbocycles. The Kier molecular flexibility index (Phi) is 4.22. The van der Waals surface area contributed by atoms with Crippen LogP contribution in [-0.4, -0.2) is 31.0 Å². The summed E-state index contributed by atoms with van der Waals surface area (Å²) in [6.07, 6.45) is 2.17. The third-order valence-corrected chi connectivity index (χ3v) is 3.58. The van der Waals surface area contributed by atoms with Crippen molar-refractivity contribution < 1.29 is 18.3 Å². The summed E-state index contributed by atoms with van der Waals surface area (Å²) in [6, 6.07) is 1.34. The Balaban J connectivity index is 2.79. The summed E-state index contributed by atoms with van der Waals surface area (Å²) in [7, 11) is -3.79. The van der Waals surface area contributed by atoms with Crippen LogP contribution in [0.5, 0.6) is 0 Å². The lowest BCUT2D eigenvalue weighted by Gasteiger charge is -2.06. The maximum Gasteiger partial charge on any atom is 0.304 e. The number of rotatable bonds is 5. The highest BCUT2D eigenvalue weighted by Crippen LogP contribution is 2.18. The van der Waals surface area contributed by atoms with Crippen LogP contribution >= 0.6 is 11.6 Å². The first kappa shape index (κ1) is 12.9. The van der Waals surface area contributed by atoms with Crippen molar-refractivity contribution in [2.45, 2.75) is 11.3 Å². The molecule has 0 radical (unpaired) electrons. The number of hydrogen-bond acceptors (Lipinski definition) is 4. The van der Waals surface area contributed by atoms with Crippen LogP contribution in [0, 0.1) is 0 Å². The molecule has 16 heavy (non-hydrogen) atoms. The largest absolute Gasteiger partial charge is 0.481 e. The molecule has 0 unspecified atom stereocenters. The summed E-state index contributed by atoms with van der Waals surface area (Å²) >= 11 is 5.67. The fourth-order valence-corrected chi connectivity index (χ4v) is 2.39. The summed E-state index contributed by atoms with van der Waals surface area (Å²) < 4.78 is 25.3. The van der Waals surface area contributed by atoms with Crippen molar-refractivity contribution in [1.82, 2.24) is 9.71 Å². The molecule has 1 rings (SSSR count). The molecule has 6 nitrogen and oxygen atoms in total. The lowest BCUT2D eigenvalue weighted by molar-refractivity contribution is -0.136. The molecule has 8 heteroatoms. The van der Waals surface area contributed by atoms with Gasteiger partial charge in [0.2, 0.25) is 10.0 Å². The van der Waals surface area contributed by atoms with Gasteiger partial charge in [-0.25, -0.2) is 13.1 Å². The summed E-state index contributed by atoms with van der Waals surface area (Å²) in [4.78, 5) is 13.7. The molecule has 0 amide bonds. The maximum atomic E-state index is 11.6. The van der Waals surface area contributed by atoms with Crippen molar-refractivity contribution >= 4 is 27.6 Å². The van der Waals surface area contributed by atoms with Crippen LogP contribution in [0.25, 0.3) is 0 Å². The molecule has 0 fully saturated rings. The van der Waals surface area contributed by atoms with E-state index in [1.807, 2.05) is 0 Å². The summed E-state index contributed by atoms with van der Waals surface area (Å²) in [5, 5.41) is 8.40. The van der Waals surface area contributed by atoms with E-state index < -0.39 is 16.0 Å². The van der Waals surface area contributed by atoms with Gasteiger partial charge in [0.1, 0.15) is 4.90 Å². The number of aliphatic carboxylic acids is 1. The second-order valence-corrected chi connectivity index (χ2v) is 4.99. The zero-order valence-corrected chi connectivity index (χ0v) is 9.62. The lowest BCUT2D eigenvalue weighted by Crippen LogP contribution is -2.26. The first-order chi connectivity index (χ1) is 7.43. The molecule has 0 atom stereocenters. The molecule has 0 aliphatic heterocycles. The Morgan fingerprint density at radius 3 is 2.81 bits per heavy atom. The van der Waals surface area contributed by atoms with Crippen molar-refractivity contribution in [1.29, 1.82) is 0 Å². The molecule has 2 N–H and O–H groups in total. The first-order valence-corrected chi connectivity index (χ1v) is 6.10. The predicted octanol–water partition coefficient (Wildman–Crippen LogP) is 0.488. The van der Waals surface area contributed by atoms with Gasteiger partial charge in [0.25, 0.3) is 0 Å². The van der Waals surface area contributed by atoms with Gasteiger partial charge in [-0.1, -0.05) is 11.6 Å². The van der Waals surface area contributed by atoms with Gasteiger partial charge >= 0.3 is 5.97 Å². The van der Waals surface area contributed by atoms with Gasteiger partial charge in [0.15, 0.2) is 0 Å². The zero-order chi connectivity index (χ0) is 12.2. The van der Waals surface area contributed by atoms with Gasteiger partial charge in [-0.2, -0.15) is 0 Å². The molecule has 0 aliphatic rings. The highest BCUT2D eigenvalue weighted by atomic mass is 35.5. The average Bonchev–Trinajstić information content (AvgIpc) is 2.17. The Morgan fingerprint density at radius 2 is 2.25 bits per heavy atom.